The van der Waals surface area contributed by atoms with Gasteiger partial charge in [-0.1, -0.05) is 58.5 Å². The van der Waals surface area contributed by atoms with Gasteiger partial charge < -0.3 is 10.1 Å². The lowest BCUT2D eigenvalue weighted by Gasteiger charge is -2.07. The summed E-state index contributed by atoms with van der Waals surface area (Å²) in [6.45, 7) is 0. The first-order chi connectivity index (χ1) is 15.7. The molecular weight excluding hydrogens is 512 g/mol. The molecule has 0 saturated heterocycles. The minimum absolute atomic E-state index is 0.151. The van der Waals surface area contributed by atoms with E-state index in [1.54, 1.807) is 24.3 Å². The van der Waals surface area contributed by atoms with Crippen LogP contribution in [-0.4, -0.2) is 24.0 Å². The van der Waals surface area contributed by atoms with Crippen LogP contribution in [0.25, 0.3) is 0 Å². The molecule has 0 radical (unpaired) electrons. The molecule has 0 bridgehead atoms. The number of hydrogen-bond acceptors (Lipinski definition) is 5. The predicted molar refractivity (Wildman–Crippen MR) is 129 cm³/mol. The Morgan fingerprint density at radius 3 is 2.30 bits per heavy atom. The first kappa shape index (κ1) is 24.5. The van der Waals surface area contributed by atoms with Crippen LogP contribution in [-0.2, 0) is 9.59 Å². The summed E-state index contributed by atoms with van der Waals surface area (Å²) < 4.78 is 5.31. The highest BCUT2D eigenvalue weighted by atomic mass is 35.5. The van der Waals surface area contributed by atoms with Crippen LogP contribution >= 0.6 is 46.4 Å². The van der Waals surface area contributed by atoms with Gasteiger partial charge in [0.15, 0.2) is 0 Å². The van der Waals surface area contributed by atoms with Gasteiger partial charge in [-0.25, -0.2) is 10.2 Å². The molecule has 0 saturated carbocycles. The predicted octanol–water partition coefficient (Wildman–Crippen LogP) is 5.61. The molecule has 2 amide bonds. The Labute approximate surface area is 208 Å². The number of benzene rings is 3. The molecule has 0 fully saturated rings. The normalized spacial score (nSPS) is 10.7. The molecule has 3 aromatic carbocycles. The van der Waals surface area contributed by atoms with Crippen molar-refractivity contribution < 1.29 is 19.1 Å². The van der Waals surface area contributed by atoms with Crippen molar-refractivity contribution in [3.63, 3.8) is 0 Å². The Balaban J connectivity index is 1.59. The summed E-state index contributed by atoms with van der Waals surface area (Å²) in [5.41, 5.74) is 2.91. The van der Waals surface area contributed by atoms with E-state index >= 15 is 0 Å². The summed E-state index contributed by atoms with van der Waals surface area (Å²) >= 11 is 23.6. The smallest absolute Gasteiger partial charge is 0.345 e. The standard InChI is InChI=1S/C22H13Cl4N3O4/c23-13-4-6-16(18(26)9-13)22(32)33-15-3-1-2-12(8-15)11-27-29-21(31)20(30)28-19-10-14(24)5-7-17(19)25/h1-11H,(H,28,30)(H,29,31)/b27-11+. The van der Waals surface area contributed by atoms with Crippen LogP contribution in [0.1, 0.15) is 15.9 Å². The van der Waals surface area contributed by atoms with Crippen LogP contribution in [0.2, 0.25) is 20.1 Å². The van der Waals surface area contributed by atoms with E-state index < -0.39 is 17.8 Å². The maximum absolute atomic E-state index is 12.3. The van der Waals surface area contributed by atoms with Gasteiger partial charge in [0.05, 0.1) is 27.5 Å². The highest BCUT2D eigenvalue weighted by Gasteiger charge is 2.15. The fourth-order valence-corrected chi connectivity index (χ4v) is 3.29. The van der Waals surface area contributed by atoms with E-state index in [4.69, 9.17) is 51.1 Å². The van der Waals surface area contributed by atoms with E-state index in [2.05, 4.69) is 15.8 Å². The van der Waals surface area contributed by atoms with E-state index in [9.17, 15) is 14.4 Å². The van der Waals surface area contributed by atoms with Gasteiger partial charge in [0.1, 0.15) is 5.75 Å². The zero-order valence-electron chi connectivity index (χ0n) is 16.4. The number of nitrogens with one attached hydrogen (secondary N) is 2. The van der Waals surface area contributed by atoms with Crippen molar-refractivity contribution in [1.82, 2.24) is 5.43 Å². The largest absolute Gasteiger partial charge is 0.423 e. The van der Waals surface area contributed by atoms with E-state index in [1.165, 1.54) is 42.6 Å². The van der Waals surface area contributed by atoms with Gasteiger partial charge in [0.2, 0.25) is 0 Å². The summed E-state index contributed by atoms with van der Waals surface area (Å²) in [5.74, 6) is -2.47. The molecule has 168 valence electrons. The lowest BCUT2D eigenvalue weighted by atomic mass is 10.2. The van der Waals surface area contributed by atoms with Crippen LogP contribution in [0.15, 0.2) is 65.8 Å². The molecule has 0 aliphatic heterocycles. The summed E-state index contributed by atoms with van der Waals surface area (Å²) in [4.78, 5) is 36.3. The zero-order chi connectivity index (χ0) is 24.0. The Kier molecular flexibility index (Phi) is 8.30. The third-order valence-corrected chi connectivity index (χ3v) is 5.09. The van der Waals surface area contributed by atoms with Crippen LogP contribution in [0.3, 0.4) is 0 Å². The van der Waals surface area contributed by atoms with Crippen LogP contribution in [0.4, 0.5) is 5.69 Å². The number of ether oxygens (including phenoxy) is 1. The third kappa shape index (κ3) is 6.94. The van der Waals surface area contributed by atoms with Crippen LogP contribution in [0, 0.1) is 0 Å². The average Bonchev–Trinajstić information content (AvgIpc) is 2.76. The van der Waals surface area contributed by atoms with Crippen LogP contribution < -0.4 is 15.5 Å². The van der Waals surface area contributed by atoms with Crippen molar-refractivity contribution >= 4 is 76.1 Å². The quantitative estimate of drug-likeness (QED) is 0.149. The van der Waals surface area contributed by atoms with Gasteiger partial charge >= 0.3 is 17.8 Å². The molecule has 7 nitrogen and oxygen atoms in total. The summed E-state index contributed by atoms with van der Waals surface area (Å²) in [6, 6.07) is 15.2. The minimum atomic E-state index is -1.03. The number of hydrazone groups is 1. The molecule has 0 aromatic heterocycles. The van der Waals surface area contributed by atoms with E-state index in [0.717, 1.165) is 0 Å². The van der Waals surface area contributed by atoms with Crippen molar-refractivity contribution in [2.45, 2.75) is 0 Å². The molecule has 0 unspecified atom stereocenters. The van der Waals surface area contributed by atoms with Gasteiger partial charge in [-0.2, -0.15) is 5.10 Å². The van der Waals surface area contributed by atoms with Crippen molar-refractivity contribution in [2.75, 3.05) is 5.32 Å². The van der Waals surface area contributed by atoms with E-state index in [1.807, 2.05) is 0 Å². The molecule has 3 rings (SSSR count). The fraction of sp³-hybridized carbons (Fsp3) is 0. The molecule has 0 atom stereocenters. The number of anilines is 1. The molecule has 0 aliphatic carbocycles. The van der Waals surface area contributed by atoms with Crippen molar-refractivity contribution in [3.8, 4) is 5.75 Å². The number of hydrogen-bond donors (Lipinski definition) is 2. The molecule has 11 heteroatoms. The molecular formula is C22H13Cl4N3O4. The Hall–Kier alpha value is -3.10. The number of nitrogens with zero attached hydrogens (tertiary/aromatic N) is 1. The number of rotatable bonds is 5. The number of esters is 1. The van der Waals surface area contributed by atoms with Crippen molar-refractivity contribution in [2.24, 2.45) is 5.10 Å². The SMILES string of the molecule is O=C(N/N=C/c1cccc(OC(=O)c2ccc(Cl)cc2Cl)c1)C(=O)Nc1cc(Cl)ccc1Cl. The Morgan fingerprint density at radius 1 is 0.818 bits per heavy atom. The zero-order valence-corrected chi connectivity index (χ0v) is 19.5. The lowest BCUT2D eigenvalue weighted by Crippen LogP contribution is -2.32. The molecule has 33 heavy (non-hydrogen) atoms. The maximum atomic E-state index is 12.3. The number of carbonyl (C=O) groups excluding carboxylic acids is 3. The van der Waals surface area contributed by atoms with E-state index in [0.29, 0.717) is 15.6 Å². The second kappa shape index (κ2) is 11.2. The first-order valence-corrected chi connectivity index (χ1v) is 10.6. The average molecular weight is 525 g/mol. The second-order valence-corrected chi connectivity index (χ2v) is 8.05. The number of halogens is 4. The highest BCUT2D eigenvalue weighted by Crippen LogP contribution is 2.25. The molecule has 0 heterocycles. The van der Waals surface area contributed by atoms with Crippen molar-refractivity contribution in [3.05, 3.63) is 91.9 Å². The van der Waals surface area contributed by atoms with E-state index in [-0.39, 0.29) is 27.0 Å². The Bertz CT molecular complexity index is 1260. The lowest BCUT2D eigenvalue weighted by molar-refractivity contribution is -0.136. The second-order valence-electron chi connectivity index (χ2n) is 6.36. The van der Waals surface area contributed by atoms with Gasteiger partial charge in [0, 0.05) is 10.0 Å². The molecule has 3 aromatic rings. The number of amides is 2. The highest BCUT2D eigenvalue weighted by molar-refractivity contribution is 6.42. The maximum Gasteiger partial charge on any atom is 0.345 e. The first-order valence-electron chi connectivity index (χ1n) is 9.09. The topological polar surface area (TPSA) is 96.9 Å². The number of carbonyl (C=O) groups is 3. The third-order valence-electron chi connectivity index (χ3n) is 3.98. The summed E-state index contributed by atoms with van der Waals surface area (Å²) in [5, 5.41) is 7.17. The molecule has 0 aliphatic rings. The molecule has 0 spiro atoms. The summed E-state index contributed by atoms with van der Waals surface area (Å²) in [7, 11) is 0. The van der Waals surface area contributed by atoms with Gasteiger partial charge in [-0.15, -0.1) is 0 Å². The van der Waals surface area contributed by atoms with Gasteiger partial charge in [-0.05, 0) is 54.1 Å². The monoisotopic (exact) mass is 523 g/mol. The minimum Gasteiger partial charge on any atom is -0.423 e. The van der Waals surface area contributed by atoms with Crippen LogP contribution in [0.5, 0.6) is 5.75 Å². The fourth-order valence-electron chi connectivity index (χ4n) is 2.46. The van der Waals surface area contributed by atoms with Gasteiger partial charge in [-0.3, -0.25) is 9.59 Å². The summed E-state index contributed by atoms with van der Waals surface area (Å²) in [6.07, 6.45) is 1.27. The van der Waals surface area contributed by atoms with Gasteiger partial charge in [0.25, 0.3) is 0 Å². The molecule has 2 N–H and O–H groups in total. The van der Waals surface area contributed by atoms with Crippen molar-refractivity contribution in [1.29, 1.82) is 0 Å². The Morgan fingerprint density at radius 2 is 1.55 bits per heavy atom.